The van der Waals surface area contributed by atoms with E-state index in [1.165, 1.54) is 6.07 Å². The van der Waals surface area contributed by atoms with Crippen molar-refractivity contribution in [3.05, 3.63) is 47.5 Å². The summed E-state index contributed by atoms with van der Waals surface area (Å²) in [7, 11) is 0. The summed E-state index contributed by atoms with van der Waals surface area (Å²) in [6.07, 6.45) is 1.87. The smallest absolute Gasteiger partial charge is 0.156 e. The first-order valence-corrected chi connectivity index (χ1v) is 10.0. The summed E-state index contributed by atoms with van der Waals surface area (Å²) < 4.78 is 16.8. The zero-order valence-corrected chi connectivity index (χ0v) is 16.6. The molecule has 0 N–H and O–H groups in total. The van der Waals surface area contributed by atoms with Crippen molar-refractivity contribution < 1.29 is 4.39 Å². The van der Waals surface area contributed by atoms with E-state index in [4.69, 9.17) is 0 Å². The number of nitrogens with zero attached hydrogens (tertiary/aromatic N) is 6. The molecule has 7 heteroatoms. The fourth-order valence-corrected chi connectivity index (χ4v) is 4.79. The normalized spacial score (nSPS) is 23.2. The van der Waals surface area contributed by atoms with E-state index in [0.717, 1.165) is 53.6 Å². The average Bonchev–Trinajstić information content (AvgIpc) is 3.05. The monoisotopic (exact) mass is 388 g/mol. The van der Waals surface area contributed by atoms with Crippen LogP contribution in [0.2, 0.25) is 0 Å². The van der Waals surface area contributed by atoms with Gasteiger partial charge in [0.25, 0.3) is 0 Å². The Balaban J connectivity index is 1.41. The highest BCUT2D eigenvalue weighted by molar-refractivity contribution is 5.85. The van der Waals surface area contributed by atoms with E-state index in [9.17, 15) is 0 Å². The van der Waals surface area contributed by atoms with Crippen molar-refractivity contribution in [3.63, 3.8) is 0 Å². The first-order chi connectivity index (χ1) is 14.0. The molecular formula is C22H21FN6. The lowest BCUT2D eigenvalue weighted by molar-refractivity contribution is 0.639. The molecule has 1 unspecified atom stereocenters. The number of piperidine rings is 1. The largest absolute Gasteiger partial charge is 0.355 e. The highest BCUT2D eigenvalue weighted by Gasteiger charge is 2.53. The first kappa shape index (κ1) is 16.8. The fraction of sp³-hybridized carbons (Fsp3) is 0.364. The molecule has 0 bridgehead atoms. The van der Waals surface area contributed by atoms with Crippen molar-refractivity contribution in [1.82, 2.24) is 24.8 Å². The van der Waals surface area contributed by atoms with E-state index in [-0.39, 0.29) is 5.82 Å². The van der Waals surface area contributed by atoms with Gasteiger partial charge in [0.15, 0.2) is 11.5 Å². The third-order valence-electron chi connectivity index (χ3n) is 6.61. The quantitative estimate of drug-likeness (QED) is 0.523. The molecule has 1 saturated carbocycles. The van der Waals surface area contributed by atoms with Crippen LogP contribution in [0.4, 0.5) is 10.2 Å². The Morgan fingerprint density at radius 2 is 1.83 bits per heavy atom. The van der Waals surface area contributed by atoms with Crippen molar-refractivity contribution in [1.29, 1.82) is 0 Å². The number of imidazole rings is 1. The van der Waals surface area contributed by atoms with E-state index in [2.05, 4.69) is 32.1 Å². The van der Waals surface area contributed by atoms with Crippen LogP contribution in [0.25, 0.3) is 27.8 Å². The molecular weight excluding hydrogens is 367 g/mol. The Hall–Kier alpha value is -3.09. The Kier molecular flexibility index (Phi) is 3.32. The molecule has 4 heterocycles. The molecule has 4 aromatic rings. The van der Waals surface area contributed by atoms with Crippen molar-refractivity contribution in [2.24, 2.45) is 17.8 Å². The molecule has 3 atom stereocenters. The summed E-state index contributed by atoms with van der Waals surface area (Å²) in [6, 6.07) is 7.16. The predicted octanol–water partition coefficient (Wildman–Crippen LogP) is 3.80. The van der Waals surface area contributed by atoms with Crippen molar-refractivity contribution in [2.75, 3.05) is 18.0 Å². The number of fused-ring (bicyclic) bond motifs is 3. The highest BCUT2D eigenvalue weighted by Crippen LogP contribution is 2.51. The van der Waals surface area contributed by atoms with Crippen LogP contribution in [-0.4, -0.2) is 37.9 Å². The van der Waals surface area contributed by atoms with Gasteiger partial charge in [-0.25, -0.2) is 13.9 Å². The zero-order chi connectivity index (χ0) is 19.9. The molecule has 2 fully saturated rings. The van der Waals surface area contributed by atoms with Gasteiger partial charge in [0.1, 0.15) is 5.82 Å². The van der Waals surface area contributed by atoms with Gasteiger partial charge < -0.3 is 4.90 Å². The van der Waals surface area contributed by atoms with E-state index in [1.54, 1.807) is 4.52 Å². The van der Waals surface area contributed by atoms with E-state index in [0.29, 0.717) is 22.2 Å². The molecule has 1 saturated heterocycles. The Labute approximate surface area is 167 Å². The average molecular weight is 388 g/mol. The standard InChI is InChI=1S/C22H21FN6/c1-11-4-19(27-29-8-12(2)24-22(11)29)14-5-18(23)15-7-21(26-25-20(15)6-14)28-9-16-13(3)17(16)10-28/h4-8,13,16-17H,9-10H2,1-3H3/t13?,16-,17+. The molecule has 1 aromatic carbocycles. The number of benzene rings is 1. The van der Waals surface area contributed by atoms with Crippen LogP contribution in [0.3, 0.4) is 0 Å². The number of rotatable bonds is 2. The van der Waals surface area contributed by atoms with Crippen LogP contribution in [0.1, 0.15) is 18.2 Å². The minimum Gasteiger partial charge on any atom is -0.355 e. The summed E-state index contributed by atoms with van der Waals surface area (Å²) in [5.41, 5.74) is 4.62. The Morgan fingerprint density at radius 1 is 1.03 bits per heavy atom. The molecule has 29 heavy (non-hydrogen) atoms. The molecule has 2 aliphatic rings. The lowest BCUT2D eigenvalue weighted by atomic mass is 10.1. The topological polar surface area (TPSA) is 59.2 Å². The third-order valence-corrected chi connectivity index (χ3v) is 6.61. The molecule has 0 spiro atoms. The van der Waals surface area contributed by atoms with Crippen LogP contribution < -0.4 is 4.90 Å². The lowest BCUT2D eigenvalue weighted by Crippen LogP contribution is -2.24. The van der Waals surface area contributed by atoms with Gasteiger partial charge in [-0.05, 0) is 61.4 Å². The Morgan fingerprint density at radius 3 is 2.62 bits per heavy atom. The second-order valence-corrected chi connectivity index (χ2v) is 8.55. The maximum absolute atomic E-state index is 15.0. The number of anilines is 1. The van der Waals surface area contributed by atoms with E-state index in [1.807, 2.05) is 38.2 Å². The molecule has 1 aliphatic heterocycles. The first-order valence-electron chi connectivity index (χ1n) is 10.0. The molecule has 0 amide bonds. The number of aryl methyl sites for hydroxylation is 2. The lowest BCUT2D eigenvalue weighted by Gasteiger charge is -2.19. The number of halogens is 1. The number of aromatic nitrogens is 5. The van der Waals surface area contributed by atoms with Crippen LogP contribution in [-0.2, 0) is 0 Å². The highest BCUT2D eigenvalue weighted by atomic mass is 19.1. The molecule has 146 valence electrons. The van der Waals surface area contributed by atoms with Crippen molar-refractivity contribution >= 4 is 22.4 Å². The van der Waals surface area contributed by atoms with Gasteiger partial charge in [-0.3, -0.25) is 0 Å². The summed E-state index contributed by atoms with van der Waals surface area (Å²) in [4.78, 5) is 6.71. The second-order valence-electron chi connectivity index (χ2n) is 8.55. The van der Waals surface area contributed by atoms with Crippen molar-refractivity contribution in [3.8, 4) is 11.3 Å². The summed E-state index contributed by atoms with van der Waals surface area (Å²) in [6.45, 7) is 8.22. The zero-order valence-electron chi connectivity index (χ0n) is 16.6. The van der Waals surface area contributed by atoms with Crippen molar-refractivity contribution in [2.45, 2.75) is 20.8 Å². The molecule has 0 radical (unpaired) electrons. The van der Waals surface area contributed by atoms with Gasteiger partial charge in [-0.1, -0.05) is 6.92 Å². The maximum Gasteiger partial charge on any atom is 0.156 e. The predicted molar refractivity (Wildman–Crippen MR) is 109 cm³/mol. The molecule has 1 aliphatic carbocycles. The summed E-state index contributed by atoms with van der Waals surface area (Å²) >= 11 is 0. The number of hydrogen-bond acceptors (Lipinski definition) is 5. The van der Waals surface area contributed by atoms with Gasteiger partial charge in [-0.15, -0.1) is 10.2 Å². The summed E-state index contributed by atoms with van der Waals surface area (Å²) in [5.74, 6) is 2.80. The second kappa shape index (κ2) is 5.72. The summed E-state index contributed by atoms with van der Waals surface area (Å²) in [5, 5.41) is 13.8. The fourth-order valence-electron chi connectivity index (χ4n) is 4.79. The van der Waals surface area contributed by atoms with Gasteiger partial charge in [0.05, 0.1) is 23.1 Å². The van der Waals surface area contributed by atoms with E-state index >= 15 is 4.39 Å². The third kappa shape index (κ3) is 2.53. The van der Waals surface area contributed by atoms with E-state index < -0.39 is 0 Å². The minimum absolute atomic E-state index is 0.298. The maximum atomic E-state index is 15.0. The number of hydrogen-bond donors (Lipinski definition) is 0. The van der Waals surface area contributed by atoms with Crippen LogP contribution in [0.15, 0.2) is 30.5 Å². The van der Waals surface area contributed by atoms with Gasteiger partial charge in [-0.2, -0.15) is 5.10 Å². The van der Waals surface area contributed by atoms with Crippen LogP contribution in [0.5, 0.6) is 0 Å². The van der Waals surface area contributed by atoms with Gasteiger partial charge in [0.2, 0.25) is 0 Å². The molecule has 3 aromatic heterocycles. The van der Waals surface area contributed by atoms with Gasteiger partial charge >= 0.3 is 0 Å². The Bertz CT molecular complexity index is 1280. The minimum atomic E-state index is -0.298. The van der Waals surface area contributed by atoms with Crippen LogP contribution >= 0.6 is 0 Å². The van der Waals surface area contributed by atoms with Crippen LogP contribution in [0, 0.1) is 37.4 Å². The molecule has 6 nitrogen and oxygen atoms in total. The molecule has 6 rings (SSSR count). The van der Waals surface area contributed by atoms with Gasteiger partial charge in [0, 0.05) is 24.0 Å². The SMILES string of the molecule is Cc1cn2nc(-c3cc(F)c4cc(N5C[C@@H]6C(C)[C@@H]6C5)nnc4c3)cc(C)c2n1.